The van der Waals surface area contributed by atoms with Crippen molar-refractivity contribution in [2.45, 2.75) is 13.1 Å². The van der Waals surface area contributed by atoms with E-state index in [0.29, 0.717) is 28.2 Å². The van der Waals surface area contributed by atoms with Crippen molar-refractivity contribution >= 4 is 34.2 Å². The maximum Gasteiger partial charge on any atom is 0.417 e. The van der Waals surface area contributed by atoms with Gasteiger partial charge in [-0.05, 0) is 37.3 Å². The molecule has 0 aliphatic rings. The summed E-state index contributed by atoms with van der Waals surface area (Å²) in [7, 11) is 1.29. The van der Waals surface area contributed by atoms with E-state index in [2.05, 4.69) is 25.6 Å². The Morgan fingerprint density at radius 1 is 1.10 bits per heavy atom. The van der Waals surface area contributed by atoms with E-state index in [9.17, 15) is 18.0 Å². The van der Waals surface area contributed by atoms with Gasteiger partial charge in [-0.25, -0.2) is 9.78 Å². The predicted molar refractivity (Wildman–Crippen MR) is 108 cm³/mol. The lowest BCUT2D eigenvalue weighted by molar-refractivity contribution is -0.137. The second-order valence-corrected chi connectivity index (χ2v) is 6.65. The number of nitrogens with zero attached hydrogens (tertiary/aromatic N) is 2. The fourth-order valence-electron chi connectivity index (χ4n) is 2.88. The highest BCUT2D eigenvalue weighted by Gasteiger charge is 2.31. The monoisotopic (exact) mass is 431 g/mol. The molecule has 0 aliphatic carbocycles. The van der Waals surface area contributed by atoms with Gasteiger partial charge in [-0.2, -0.15) is 18.2 Å². The van der Waals surface area contributed by atoms with Crippen molar-refractivity contribution in [3.05, 3.63) is 64.3 Å². The zero-order valence-electron chi connectivity index (χ0n) is 16.3. The molecule has 0 amide bonds. The molecule has 0 radical (unpaired) electrons. The first kappa shape index (κ1) is 20.3. The number of ether oxygens (including phenoxy) is 1. The number of anilines is 4. The molecule has 0 saturated heterocycles. The number of H-pyrrole nitrogens is 1. The minimum Gasteiger partial charge on any atom is -0.497 e. The van der Waals surface area contributed by atoms with Gasteiger partial charge in [-0.1, -0.05) is 0 Å². The van der Waals surface area contributed by atoms with Crippen LogP contribution >= 0.6 is 0 Å². The quantitative estimate of drug-likeness (QED) is 0.419. The summed E-state index contributed by atoms with van der Waals surface area (Å²) in [6.45, 7) is 1.78. The number of fused-ring (bicyclic) bond motifs is 1. The van der Waals surface area contributed by atoms with Gasteiger partial charge in [0.05, 0.1) is 18.2 Å². The summed E-state index contributed by atoms with van der Waals surface area (Å²) in [5.41, 5.74) is 1.51. The van der Waals surface area contributed by atoms with Gasteiger partial charge in [0, 0.05) is 29.2 Å². The second-order valence-electron chi connectivity index (χ2n) is 6.65. The summed E-state index contributed by atoms with van der Waals surface area (Å²) in [6.07, 6.45) is -3.00. The van der Waals surface area contributed by atoms with Crippen molar-refractivity contribution in [1.29, 1.82) is 0 Å². The number of hydrogen-bond donors (Lipinski definition) is 3. The fraction of sp³-hybridized carbons (Fsp3) is 0.150. The maximum absolute atomic E-state index is 13.1. The van der Waals surface area contributed by atoms with Crippen LogP contribution in [0.5, 0.6) is 5.75 Å². The first-order valence-corrected chi connectivity index (χ1v) is 8.98. The van der Waals surface area contributed by atoms with Crippen LogP contribution in [-0.4, -0.2) is 22.1 Å². The number of halogens is 3. The number of aromatic amines is 1. The van der Waals surface area contributed by atoms with E-state index >= 15 is 0 Å². The molecule has 0 saturated carbocycles. The number of methoxy groups -OCH3 is 1. The molecule has 0 atom stereocenters. The first-order chi connectivity index (χ1) is 14.7. The smallest absolute Gasteiger partial charge is 0.417 e. The highest BCUT2D eigenvalue weighted by atomic mass is 19.4. The lowest BCUT2D eigenvalue weighted by Gasteiger charge is -2.14. The van der Waals surface area contributed by atoms with Gasteiger partial charge in [-0.15, -0.1) is 0 Å². The van der Waals surface area contributed by atoms with Crippen LogP contribution in [0.25, 0.3) is 11.1 Å². The van der Waals surface area contributed by atoms with E-state index in [0.717, 1.165) is 12.1 Å². The molecular weight excluding hydrogens is 415 g/mol. The predicted octanol–water partition coefficient (Wildman–Crippen LogP) is 4.73. The summed E-state index contributed by atoms with van der Waals surface area (Å²) < 4.78 is 49.4. The van der Waals surface area contributed by atoms with Gasteiger partial charge >= 0.3 is 11.9 Å². The van der Waals surface area contributed by atoms with Gasteiger partial charge in [0.1, 0.15) is 11.6 Å². The molecule has 0 bridgehead atoms. The Kier molecular flexibility index (Phi) is 5.01. The molecule has 0 spiro atoms. The van der Waals surface area contributed by atoms with Crippen molar-refractivity contribution in [1.82, 2.24) is 15.0 Å². The van der Waals surface area contributed by atoms with Gasteiger partial charge < -0.3 is 19.8 Å². The van der Waals surface area contributed by atoms with E-state index in [4.69, 9.17) is 9.15 Å². The van der Waals surface area contributed by atoms with Crippen LogP contribution in [0.3, 0.4) is 0 Å². The highest BCUT2D eigenvalue weighted by Crippen LogP contribution is 2.34. The van der Waals surface area contributed by atoms with Crippen molar-refractivity contribution in [2.24, 2.45) is 0 Å². The number of aromatic nitrogens is 3. The normalized spacial score (nSPS) is 11.5. The van der Waals surface area contributed by atoms with Crippen molar-refractivity contribution in [3.63, 3.8) is 0 Å². The third-order valence-electron chi connectivity index (χ3n) is 4.38. The molecule has 8 nitrogen and oxygen atoms in total. The highest BCUT2D eigenvalue weighted by molar-refractivity contribution is 5.78. The van der Waals surface area contributed by atoms with E-state index in [1.165, 1.54) is 19.4 Å². The zero-order valence-corrected chi connectivity index (χ0v) is 16.3. The molecule has 4 rings (SSSR count). The van der Waals surface area contributed by atoms with E-state index < -0.39 is 17.5 Å². The first-order valence-electron chi connectivity index (χ1n) is 8.98. The van der Waals surface area contributed by atoms with Crippen molar-refractivity contribution in [3.8, 4) is 5.75 Å². The summed E-state index contributed by atoms with van der Waals surface area (Å²) in [6, 6.07) is 8.26. The van der Waals surface area contributed by atoms with Crippen molar-refractivity contribution in [2.75, 3.05) is 17.7 Å². The van der Waals surface area contributed by atoms with Crippen LogP contribution in [0.15, 0.2) is 51.8 Å². The number of hydrogen-bond acceptors (Lipinski definition) is 7. The molecule has 4 aromatic rings. The Labute approximate surface area is 173 Å². The van der Waals surface area contributed by atoms with Crippen LogP contribution in [0.2, 0.25) is 0 Å². The molecule has 31 heavy (non-hydrogen) atoms. The Bertz CT molecular complexity index is 1310. The molecule has 3 N–H and O–H groups in total. The molecule has 160 valence electrons. The molecule has 2 aromatic heterocycles. The minimum atomic E-state index is -4.53. The number of oxazole rings is 1. The second kappa shape index (κ2) is 7.67. The average Bonchev–Trinajstić information content (AvgIpc) is 3.09. The Morgan fingerprint density at radius 2 is 1.90 bits per heavy atom. The Balaban J connectivity index is 1.62. The standard InChI is InChI=1S/C20H16F3N5O3/c1-10-9-24-18(26-13-5-11(20(21,22)23)6-14(7-13)30-2)28-17(10)25-12-3-4-16-15(8-12)27-19(29)31-16/h3-9H,1-2H3,(H,27,29)(H2,24,25,26,28). The third kappa shape index (κ3) is 4.44. The van der Waals surface area contributed by atoms with Crippen molar-refractivity contribution < 1.29 is 22.3 Å². The molecule has 11 heteroatoms. The number of benzene rings is 2. The SMILES string of the molecule is COc1cc(Nc2ncc(C)c(Nc3ccc4oc(=O)[nH]c4c3)n2)cc(C(F)(F)F)c1. The van der Waals surface area contributed by atoms with Gasteiger partial charge in [0.2, 0.25) is 5.95 Å². The maximum atomic E-state index is 13.1. The average molecular weight is 431 g/mol. The Hall–Kier alpha value is -4.02. The molecule has 2 heterocycles. The summed E-state index contributed by atoms with van der Waals surface area (Å²) in [5, 5.41) is 5.87. The minimum absolute atomic E-state index is 0.0465. The fourth-order valence-corrected chi connectivity index (χ4v) is 2.88. The lowest BCUT2D eigenvalue weighted by atomic mass is 10.2. The molecule has 0 aliphatic heterocycles. The molecular formula is C20H16F3N5O3. The van der Waals surface area contributed by atoms with Crippen LogP contribution in [0, 0.1) is 6.92 Å². The van der Waals surface area contributed by atoms with Gasteiger partial charge in [0.25, 0.3) is 0 Å². The van der Waals surface area contributed by atoms with Gasteiger partial charge in [0.15, 0.2) is 5.58 Å². The number of alkyl halides is 3. The van der Waals surface area contributed by atoms with Crippen LogP contribution in [-0.2, 0) is 6.18 Å². The molecule has 0 fully saturated rings. The number of nitrogens with one attached hydrogen (secondary N) is 3. The van der Waals surface area contributed by atoms with Crippen LogP contribution < -0.4 is 21.1 Å². The van der Waals surface area contributed by atoms with Crippen LogP contribution in [0.1, 0.15) is 11.1 Å². The molecule has 2 aromatic carbocycles. The van der Waals surface area contributed by atoms with Crippen LogP contribution in [0.4, 0.5) is 36.3 Å². The Morgan fingerprint density at radius 3 is 2.65 bits per heavy atom. The largest absolute Gasteiger partial charge is 0.497 e. The number of rotatable bonds is 5. The van der Waals surface area contributed by atoms with E-state index in [-0.39, 0.29) is 17.4 Å². The topological polar surface area (TPSA) is 105 Å². The van der Waals surface area contributed by atoms with E-state index in [1.807, 2.05) is 0 Å². The van der Waals surface area contributed by atoms with Gasteiger partial charge in [-0.3, -0.25) is 4.98 Å². The van der Waals surface area contributed by atoms with E-state index in [1.54, 1.807) is 25.1 Å². The summed E-state index contributed by atoms with van der Waals surface area (Å²) in [5.74, 6) is 0.00691. The summed E-state index contributed by atoms with van der Waals surface area (Å²) >= 11 is 0. The number of aryl methyl sites for hydroxylation is 1. The molecule has 0 unspecified atom stereocenters. The third-order valence-corrected chi connectivity index (χ3v) is 4.38. The zero-order chi connectivity index (χ0) is 22.2. The lowest BCUT2D eigenvalue weighted by Crippen LogP contribution is -2.07. The summed E-state index contributed by atoms with van der Waals surface area (Å²) in [4.78, 5) is 22.3.